The molecule has 5 nitrogen and oxygen atoms in total. The summed E-state index contributed by atoms with van der Waals surface area (Å²) in [5, 5.41) is 4.31. The number of benzene rings is 1. The number of nitrogens with zero attached hydrogens (tertiary/aromatic N) is 3. The van der Waals surface area contributed by atoms with Crippen molar-refractivity contribution < 1.29 is 4.42 Å². The summed E-state index contributed by atoms with van der Waals surface area (Å²) in [5.74, 6) is 1.68. The van der Waals surface area contributed by atoms with Gasteiger partial charge in [0.1, 0.15) is 11.6 Å². The van der Waals surface area contributed by atoms with Gasteiger partial charge in [-0.15, -0.1) is 0 Å². The molecule has 4 aromatic rings. The normalized spacial score (nSPS) is 10.8. The average Bonchev–Trinajstić information content (AvgIpc) is 3.19. The number of pyridine rings is 2. The highest BCUT2D eigenvalue weighted by atomic mass is 16.3. The predicted octanol–water partition coefficient (Wildman–Crippen LogP) is 4.57. The molecule has 0 fully saturated rings. The van der Waals surface area contributed by atoms with Gasteiger partial charge in [0.25, 0.3) is 0 Å². The highest BCUT2D eigenvalue weighted by molar-refractivity contribution is 5.90. The first-order chi connectivity index (χ1) is 12.7. The van der Waals surface area contributed by atoms with Gasteiger partial charge >= 0.3 is 0 Å². The number of rotatable bonds is 5. The highest BCUT2D eigenvalue weighted by Gasteiger charge is 2.07. The molecule has 0 saturated heterocycles. The second kappa shape index (κ2) is 6.88. The van der Waals surface area contributed by atoms with Gasteiger partial charge in [-0.25, -0.2) is 9.97 Å². The number of fused-ring (bicyclic) bond motifs is 1. The molecule has 0 amide bonds. The maximum absolute atomic E-state index is 5.36. The highest BCUT2D eigenvalue weighted by Crippen LogP contribution is 2.26. The molecule has 1 N–H and O–H groups in total. The standard InChI is InChI=1S/C21H20N4O/c1-25(2)16-7-5-15(6-8-16)19-10-9-18-20(24-19)11-12-22-21(18)23-14-17-4-3-13-26-17/h3-13H,14H2,1-2H3,(H,22,23). The van der Waals surface area contributed by atoms with E-state index in [-0.39, 0.29) is 0 Å². The second-order valence-electron chi connectivity index (χ2n) is 6.30. The lowest BCUT2D eigenvalue weighted by Gasteiger charge is -2.13. The van der Waals surface area contributed by atoms with Crippen LogP contribution in [0.5, 0.6) is 0 Å². The third-order valence-corrected chi connectivity index (χ3v) is 4.31. The monoisotopic (exact) mass is 344 g/mol. The smallest absolute Gasteiger partial charge is 0.135 e. The summed E-state index contributed by atoms with van der Waals surface area (Å²) in [5.41, 5.74) is 4.13. The molecule has 1 aromatic carbocycles. The first kappa shape index (κ1) is 16.1. The van der Waals surface area contributed by atoms with Crippen molar-refractivity contribution in [3.05, 3.63) is 72.8 Å². The van der Waals surface area contributed by atoms with E-state index in [2.05, 4.69) is 45.5 Å². The molecule has 3 aromatic heterocycles. The van der Waals surface area contributed by atoms with E-state index in [1.165, 1.54) is 5.69 Å². The lowest BCUT2D eigenvalue weighted by atomic mass is 10.1. The Morgan fingerprint density at radius 1 is 1.00 bits per heavy atom. The van der Waals surface area contributed by atoms with E-state index in [1.807, 2.05) is 38.4 Å². The molecule has 5 heteroatoms. The molecule has 0 unspecified atom stereocenters. The summed E-state index contributed by atoms with van der Waals surface area (Å²) in [6.07, 6.45) is 3.45. The molecule has 3 heterocycles. The Hall–Kier alpha value is -3.34. The third kappa shape index (κ3) is 3.24. The molecular formula is C21H20N4O. The summed E-state index contributed by atoms with van der Waals surface area (Å²) in [4.78, 5) is 11.3. The Labute approximate surface area is 152 Å². The zero-order chi connectivity index (χ0) is 17.9. The minimum atomic E-state index is 0.590. The molecule has 0 aliphatic rings. The topological polar surface area (TPSA) is 54.2 Å². The molecule has 0 radical (unpaired) electrons. The van der Waals surface area contributed by atoms with Crippen LogP contribution in [0.25, 0.3) is 22.2 Å². The fraction of sp³-hybridized carbons (Fsp3) is 0.143. The number of hydrogen-bond donors (Lipinski definition) is 1. The lowest BCUT2D eigenvalue weighted by Crippen LogP contribution is -2.07. The first-order valence-electron chi connectivity index (χ1n) is 8.50. The summed E-state index contributed by atoms with van der Waals surface area (Å²) >= 11 is 0. The Balaban J connectivity index is 1.63. The predicted molar refractivity (Wildman–Crippen MR) is 105 cm³/mol. The van der Waals surface area contributed by atoms with E-state index in [0.29, 0.717) is 6.54 Å². The van der Waals surface area contributed by atoms with Crippen LogP contribution in [0.15, 0.2) is 71.5 Å². The first-order valence-corrected chi connectivity index (χ1v) is 8.50. The molecule has 130 valence electrons. The summed E-state index contributed by atoms with van der Waals surface area (Å²) in [7, 11) is 4.07. The van der Waals surface area contributed by atoms with Crippen molar-refractivity contribution in [2.24, 2.45) is 0 Å². The summed E-state index contributed by atoms with van der Waals surface area (Å²) in [6.45, 7) is 0.590. The minimum absolute atomic E-state index is 0.590. The molecule has 4 rings (SSSR count). The van der Waals surface area contributed by atoms with Crippen molar-refractivity contribution in [3.8, 4) is 11.3 Å². The molecule has 26 heavy (non-hydrogen) atoms. The third-order valence-electron chi connectivity index (χ3n) is 4.31. The SMILES string of the molecule is CN(C)c1ccc(-c2ccc3c(NCc4ccco4)nccc3n2)cc1. The molecule has 0 aliphatic carbocycles. The van der Waals surface area contributed by atoms with Crippen molar-refractivity contribution >= 4 is 22.4 Å². The van der Waals surface area contributed by atoms with Gasteiger partial charge in [0.15, 0.2) is 0 Å². The van der Waals surface area contributed by atoms with Crippen molar-refractivity contribution in [3.63, 3.8) is 0 Å². The Morgan fingerprint density at radius 2 is 1.85 bits per heavy atom. The zero-order valence-corrected chi connectivity index (χ0v) is 14.8. The lowest BCUT2D eigenvalue weighted by molar-refractivity contribution is 0.518. The van der Waals surface area contributed by atoms with Gasteiger partial charge in [-0.2, -0.15) is 0 Å². The second-order valence-corrected chi connectivity index (χ2v) is 6.30. The van der Waals surface area contributed by atoms with Crippen LogP contribution in [-0.2, 0) is 6.54 Å². The maximum atomic E-state index is 5.36. The van der Waals surface area contributed by atoms with Crippen LogP contribution < -0.4 is 10.2 Å². The van der Waals surface area contributed by atoms with E-state index in [4.69, 9.17) is 9.40 Å². The molecule has 0 spiro atoms. The number of hydrogen-bond acceptors (Lipinski definition) is 5. The van der Waals surface area contributed by atoms with E-state index in [9.17, 15) is 0 Å². The van der Waals surface area contributed by atoms with Crippen LogP contribution in [0.3, 0.4) is 0 Å². The van der Waals surface area contributed by atoms with Gasteiger partial charge in [0.2, 0.25) is 0 Å². The van der Waals surface area contributed by atoms with E-state index in [1.54, 1.807) is 12.5 Å². The van der Waals surface area contributed by atoms with E-state index < -0.39 is 0 Å². The number of furan rings is 1. The summed E-state index contributed by atoms with van der Waals surface area (Å²) < 4.78 is 5.36. The minimum Gasteiger partial charge on any atom is -0.467 e. The fourth-order valence-electron chi connectivity index (χ4n) is 2.87. The van der Waals surface area contributed by atoms with Gasteiger partial charge in [-0.05, 0) is 42.5 Å². The van der Waals surface area contributed by atoms with Gasteiger partial charge in [-0.1, -0.05) is 12.1 Å². The van der Waals surface area contributed by atoms with Crippen LogP contribution in [0.2, 0.25) is 0 Å². The Kier molecular flexibility index (Phi) is 4.27. The van der Waals surface area contributed by atoms with Crippen molar-refractivity contribution in [2.75, 3.05) is 24.3 Å². The van der Waals surface area contributed by atoms with Gasteiger partial charge in [0.05, 0.1) is 24.0 Å². The largest absolute Gasteiger partial charge is 0.467 e. The Bertz CT molecular complexity index is 1010. The maximum Gasteiger partial charge on any atom is 0.135 e. The molecular weight excluding hydrogens is 324 g/mol. The molecule has 0 atom stereocenters. The van der Waals surface area contributed by atoms with Gasteiger partial charge in [-0.3, -0.25) is 0 Å². The average molecular weight is 344 g/mol. The van der Waals surface area contributed by atoms with Crippen molar-refractivity contribution in [1.29, 1.82) is 0 Å². The number of anilines is 2. The Morgan fingerprint density at radius 3 is 2.58 bits per heavy atom. The molecule has 0 bridgehead atoms. The van der Waals surface area contributed by atoms with E-state index in [0.717, 1.165) is 33.7 Å². The van der Waals surface area contributed by atoms with Crippen molar-refractivity contribution in [2.45, 2.75) is 6.54 Å². The van der Waals surface area contributed by atoms with E-state index >= 15 is 0 Å². The van der Waals surface area contributed by atoms with Crippen LogP contribution in [0.1, 0.15) is 5.76 Å². The molecule has 0 aliphatic heterocycles. The van der Waals surface area contributed by atoms with Gasteiger partial charge < -0.3 is 14.6 Å². The van der Waals surface area contributed by atoms with Crippen LogP contribution >= 0.6 is 0 Å². The fourth-order valence-corrected chi connectivity index (χ4v) is 2.87. The molecule has 0 saturated carbocycles. The van der Waals surface area contributed by atoms with Crippen molar-refractivity contribution in [1.82, 2.24) is 9.97 Å². The van der Waals surface area contributed by atoms with Crippen LogP contribution in [-0.4, -0.2) is 24.1 Å². The van der Waals surface area contributed by atoms with Gasteiger partial charge in [0, 0.05) is 36.9 Å². The summed E-state index contributed by atoms with van der Waals surface area (Å²) in [6, 6.07) is 18.2. The van der Waals surface area contributed by atoms with Crippen LogP contribution in [0.4, 0.5) is 11.5 Å². The number of nitrogens with one attached hydrogen (secondary N) is 1. The zero-order valence-electron chi connectivity index (χ0n) is 14.8. The number of aromatic nitrogens is 2. The quantitative estimate of drug-likeness (QED) is 0.575. The van der Waals surface area contributed by atoms with Crippen LogP contribution in [0, 0.1) is 0 Å².